The number of carbonyl (C=O) groups is 1. The first-order valence-corrected chi connectivity index (χ1v) is 8.83. The Bertz CT molecular complexity index is 830. The fourth-order valence-electron chi connectivity index (χ4n) is 2.75. The number of ether oxygens (including phenoxy) is 2. The number of nitriles is 1. The zero-order valence-corrected chi connectivity index (χ0v) is 16.2. The minimum atomic E-state index is -0.253. The summed E-state index contributed by atoms with van der Waals surface area (Å²) in [6, 6.07) is 14.7. The van der Waals surface area contributed by atoms with Crippen LogP contribution in [0, 0.1) is 11.3 Å². The highest BCUT2D eigenvalue weighted by Gasteiger charge is 2.22. The van der Waals surface area contributed by atoms with E-state index in [9.17, 15) is 4.79 Å². The van der Waals surface area contributed by atoms with Crippen LogP contribution in [0.15, 0.2) is 42.5 Å². The van der Waals surface area contributed by atoms with Gasteiger partial charge in [-0.15, -0.1) is 0 Å². The Morgan fingerprint density at radius 2 is 1.89 bits per heavy atom. The second-order valence-corrected chi connectivity index (χ2v) is 6.40. The molecule has 0 aliphatic heterocycles. The molecule has 27 heavy (non-hydrogen) atoms. The number of anilines is 1. The molecule has 2 aromatic carbocycles. The van der Waals surface area contributed by atoms with E-state index in [2.05, 4.69) is 11.4 Å². The number of rotatable bonds is 8. The Morgan fingerprint density at radius 3 is 2.56 bits per heavy atom. The maximum absolute atomic E-state index is 12.5. The standard InChI is InChI=1S/C21H25N3O3/c1-15(21(25)23-18-8-6-5-7-17(18)14-22)24(2)12-11-16-9-10-19(26-3)20(13-16)27-4/h5-10,13,15H,11-12H2,1-4H3,(H,23,25)/p+1/t15-/m1/s1. The summed E-state index contributed by atoms with van der Waals surface area (Å²) in [6.45, 7) is 2.66. The largest absolute Gasteiger partial charge is 0.493 e. The molecule has 0 heterocycles. The summed E-state index contributed by atoms with van der Waals surface area (Å²) in [4.78, 5) is 13.6. The molecule has 2 aromatic rings. The molecule has 0 fully saturated rings. The van der Waals surface area contributed by atoms with Crippen LogP contribution in [0.4, 0.5) is 5.69 Å². The van der Waals surface area contributed by atoms with Crippen LogP contribution in [0.25, 0.3) is 0 Å². The second-order valence-electron chi connectivity index (χ2n) is 6.40. The van der Waals surface area contributed by atoms with E-state index in [1.165, 1.54) is 0 Å². The summed E-state index contributed by atoms with van der Waals surface area (Å²) in [6.07, 6.45) is 0.804. The Kier molecular flexibility index (Phi) is 7.21. The van der Waals surface area contributed by atoms with Crippen molar-refractivity contribution in [3.05, 3.63) is 53.6 Å². The van der Waals surface area contributed by atoms with Gasteiger partial charge >= 0.3 is 0 Å². The van der Waals surface area contributed by atoms with Gasteiger partial charge in [-0.2, -0.15) is 5.26 Å². The summed E-state index contributed by atoms with van der Waals surface area (Å²) in [5, 5.41) is 12.0. The first kappa shape index (κ1) is 20.3. The fourth-order valence-corrected chi connectivity index (χ4v) is 2.75. The zero-order valence-electron chi connectivity index (χ0n) is 16.2. The molecule has 0 bridgehead atoms. The number of amides is 1. The van der Waals surface area contributed by atoms with Gasteiger partial charge in [-0.05, 0) is 36.8 Å². The topological polar surface area (TPSA) is 75.8 Å². The molecule has 0 radical (unpaired) electrons. The lowest BCUT2D eigenvalue weighted by atomic mass is 10.1. The lowest BCUT2D eigenvalue weighted by molar-refractivity contribution is -0.893. The molecule has 1 amide bonds. The molecule has 0 aliphatic rings. The number of quaternary nitrogens is 1. The van der Waals surface area contributed by atoms with E-state index in [-0.39, 0.29) is 11.9 Å². The Morgan fingerprint density at radius 1 is 1.19 bits per heavy atom. The highest BCUT2D eigenvalue weighted by molar-refractivity contribution is 5.94. The summed E-state index contributed by atoms with van der Waals surface area (Å²) >= 11 is 0. The van der Waals surface area contributed by atoms with Gasteiger partial charge in [0.2, 0.25) is 0 Å². The van der Waals surface area contributed by atoms with Crippen molar-refractivity contribution < 1.29 is 19.2 Å². The Balaban J connectivity index is 1.96. The SMILES string of the molecule is COc1ccc(CC[NH+](C)[C@H](C)C(=O)Nc2ccccc2C#N)cc1OC. The van der Waals surface area contributed by atoms with Crippen LogP contribution < -0.4 is 19.7 Å². The number of para-hydroxylation sites is 1. The van der Waals surface area contributed by atoms with Crippen molar-refractivity contribution in [1.29, 1.82) is 5.26 Å². The summed E-state index contributed by atoms with van der Waals surface area (Å²) in [7, 11) is 5.21. The van der Waals surface area contributed by atoms with E-state index in [4.69, 9.17) is 14.7 Å². The second kappa shape index (κ2) is 9.60. The zero-order chi connectivity index (χ0) is 19.8. The van der Waals surface area contributed by atoms with Gasteiger partial charge in [0.05, 0.1) is 39.1 Å². The quantitative estimate of drug-likeness (QED) is 0.743. The summed E-state index contributed by atoms with van der Waals surface area (Å²) in [5.41, 5.74) is 2.13. The number of methoxy groups -OCH3 is 2. The third-order valence-electron chi connectivity index (χ3n) is 4.69. The predicted molar refractivity (Wildman–Crippen MR) is 104 cm³/mol. The van der Waals surface area contributed by atoms with E-state index in [0.717, 1.165) is 23.4 Å². The van der Waals surface area contributed by atoms with Crippen LogP contribution in [0.5, 0.6) is 11.5 Å². The van der Waals surface area contributed by atoms with Gasteiger partial charge in [-0.1, -0.05) is 18.2 Å². The number of nitrogens with zero attached hydrogens (tertiary/aromatic N) is 1. The van der Waals surface area contributed by atoms with Crippen LogP contribution in [0.1, 0.15) is 18.1 Å². The van der Waals surface area contributed by atoms with Crippen molar-refractivity contribution in [2.24, 2.45) is 0 Å². The smallest absolute Gasteiger partial charge is 0.282 e. The lowest BCUT2D eigenvalue weighted by Gasteiger charge is -2.21. The lowest BCUT2D eigenvalue weighted by Crippen LogP contribution is -3.14. The molecule has 2 atom stereocenters. The van der Waals surface area contributed by atoms with Crippen molar-refractivity contribution >= 4 is 11.6 Å². The van der Waals surface area contributed by atoms with Crippen molar-refractivity contribution in [1.82, 2.24) is 0 Å². The molecule has 0 saturated heterocycles. The maximum atomic E-state index is 12.5. The Hall–Kier alpha value is -3.04. The van der Waals surface area contributed by atoms with Crippen LogP contribution in [-0.2, 0) is 11.2 Å². The summed E-state index contributed by atoms with van der Waals surface area (Å²) < 4.78 is 10.6. The van der Waals surface area contributed by atoms with Gasteiger partial charge in [-0.25, -0.2) is 0 Å². The molecule has 0 aromatic heterocycles. The van der Waals surface area contributed by atoms with Crippen LogP contribution in [-0.4, -0.2) is 39.8 Å². The molecule has 0 aliphatic carbocycles. The van der Waals surface area contributed by atoms with Crippen LogP contribution in [0.3, 0.4) is 0 Å². The average molecular weight is 368 g/mol. The molecular weight excluding hydrogens is 342 g/mol. The van der Waals surface area contributed by atoms with E-state index < -0.39 is 0 Å². The molecule has 0 saturated carbocycles. The minimum absolute atomic E-state index is 0.109. The average Bonchev–Trinajstić information content (AvgIpc) is 2.71. The number of nitrogens with one attached hydrogen (secondary N) is 2. The molecule has 1 unspecified atom stereocenters. The molecule has 6 heteroatoms. The molecule has 6 nitrogen and oxygen atoms in total. The number of likely N-dealkylation sites (N-methyl/N-ethyl adjacent to an activating group) is 1. The predicted octanol–water partition coefficient (Wildman–Crippen LogP) is 1.66. The van der Waals surface area contributed by atoms with Crippen molar-refractivity contribution in [2.75, 3.05) is 33.1 Å². The van der Waals surface area contributed by atoms with E-state index in [1.807, 2.05) is 32.2 Å². The summed E-state index contributed by atoms with van der Waals surface area (Å²) in [5.74, 6) is 1.29. The minimum Gasteiger partial charge on any atom is -0.493 e. The third kappa shape index (κ3) is 5.22. The van der Waals surface area contributed by atoms with Gasteiger partial charge in [0, 0.05) is 6.42 Å². The van der Waals surface area contributed by atoms with Crippen molar-refractivity contribution in [3.8, 4) is 17.6 Å². The van der Waals surface area contributed by atoms with Crippen LogP contribution >= 0.6 is 0 Å². The van der Waals surface area contributed by atoms with Crippen molar-refractivity contribution in [3.63, 3.8) is 0 Å². The van der Waals surface area contributed by atoms with E-state index in [0.29, 0.717) is 22.7 Å². The van der Waals surface area contributed by atoms with Gasteiger partial charge < -0.3 is 19.7 Å². The van der Waals surface area contributed by atoms with Gasteiger partial charge in [-0.3, -0.25) is 4.79 Å². The monoisotopic (exact) mass is 368 g/mol. The number of hydrogen-bond acceptors (Lipinski definition) is 4. The third-order valence-corrected chi connectivity index (χ3v) is 4.69. The van der Waals surface area contributed by atoms with Crippen molar-refractivity contribution in [2.45, 2.75) is 19.4 Å². The highest BCUT2D eigenvalue weighted by atomic mass is 16.5. The van der Waals surface area contributed by atoms with Gasteiger partial charge in [0.15, 0.2) is 17.5 Å². The normalized spacial score (nSPS) is 12.6. The number of hydrogen-bond donors (Lipinski definition) is 2. The Labute approximate surface area is 160 Å². The van der Waals surface area contributed by atoms with E-state index >= 15 is 0 Å². The maximum Gasteiger partial charge on any atom is 0.282 e. The first-order chi connectivity index (χ1) is 13.0. The fraction of sp³-hybridized carbons (Fsp3) is 0.333. The van der Waals surface area contributed by atoms with Gasteiger partial charge in [0.1, 0.15) is 6.07 Å². The van der Waals surface area contributed by atoms with Crippen LogP contribution in [0.2, 0.25) is 0 Å². The first-order valence-electron chi connectivity index (χ1n) is 8.83. The number of benzene rings is 2. The molecule has 2 N–H and O–H groups in total. The molecule has 0 spiro atoms. The van der Waals surface area contributed by atoms with Gasteiger partial charge in [0.25, 0.3) is 5.91 Å². The number of carbonyl (C=O) groups excluding carboxylic acids is 1. The van der Waals surface area contributed by atoms with E-state index in [1.54, 1.807) is 38.5 Å². The molecule has 142 valence electrons. The highest BCUT2D eigenvalue weighted by Crippen LogP contribution is 2.27. The molecular formula is C21H26N3O3+. The molecule has 2 rings (SSSR count).